The molecule has 0 unspecified atom stereocenters. The first-order chi connectivity index (χ1) is 5.20. The molecular formula is C6H10N2O4. The zero-order valence-electron chi connectivity index (χ0n) is 6.19. The number of imidazole rings is 1. The van der Waals surface area contributed by atoms with E-state index in [-0.39, 0.29) is 11.9 Å². The molecule has 0 amide bonds. The lowest BCUT2D eigenvalue weighted by Gasteiger charge is -2.00. The second-order valence-electron chi connectivity index (χ2n) is 2.14. The Bertz CT molecular complexity index is 234. The van der Waals surface area contributed by atoms with Crippen molar-refractivity contribution >= 4 is 5.97 Å². The zero-order valence-corrected chi connectivity index (χ0v) is 6.19. The van der Waals surface area contributed by atoms with Gasteiger partial charge in [-0.15, -0.1) is 0 Å². The van der Waals surface area contributed by atoms with Crippen molar-refractivity contribution in [1.82, 2.24) is 9.97 Å². The van der Waals surface area contributed by atoms with Gasteiger partial charge in [0.05, 0.1) is 6.33 Å². The number of aliphatic hydroxyl groups is 1. The van der Waals surface area contributed by atoms with Gasteiger partial charge in [-0.05, 0) is 0 Å². The summed E-state index contributed by atoms with van der Waals surface area (Å²) in [5.41, 5.74) is 0.611. The molecule has 0 saturated heterocycles. The molecule has 1 aromatic rings. The molecule has 1 heterocycles. The first-order valence-corrected chi connectivity index (χ1v) is 3.08. The Hall–Kier alpha value is -1.40. The van der Waals surface area contributed by atoms with E-state index >= 15 is 0 Å². The molecule has 0 aromatic carbocycles. The number of H-pyrrole nitrogens is 1. The van der Waals surface area contributed by atoms with Crippen LogP contribution in [0.4, 0.5) is 0 Å². The molecule has 12 heavy (non-hydrogen) atoms. The van der Waals surface area contributed by atoms with Gasteiger partial charge < -0.3 is 20.7 Å². The number of nitrogens with zero attached hydrogens (tertiary/aromatic N) is 1. The third kappa shape index (κ3) is 2.69. The van der Waals surface area contributed by atoms with E-state index in [0.29, 0.717) is 5.69 Å². The van der Waals surface area contributed by atoms with E-state index < -0.39 is 12.1 Å². The van der Waals surface area contributed by atoms with Gasteiger partial charge in [0, 0.05) is 18.3 Å². The zero-order chi connectivity index (χ0) is 8.27. The first kappa shape index (κ1) is 10.6. The Labute approximate surface area is 68.2 Å². The highest BCUT2D eigenvalue weighted by molar-refractivity contribution is 5.72. The molecule has 0 bridgehead atoms. The smallest absolute Gasteiger partial charge is 0.332 e. The Morgan fingerprint density at radius 2 is 2.42 bits per heavy atom. The number of hydrogen-bond donors (Lipinski definition) is 3. The second-order valence-corrected chi connectivity index (χ2v) is 2.14. The maximum Gasteiger partial charge on any atom is 0.332 e. The van der Waals surface area contributed by atoms with Crippen molar-refractivity contribution in [3.63, 3.8) is 0 Å². The van der Waals surface area contributed by atoms with E-state index in [2.05, 4.69) is 9.97 Å². The number of hydrogen-bond acceptors (Lipinski definition) is 3. The van der Waals surface area contributed by atoms with E-state index in [0.717, 1.165) is 0 Å². The number of carbonyl (C=O) groups is 1. The van der Waals surface area contributed by atoms with Crippen LogP contribution < -0.4 is 0 Å². The van der Waals surface area contributed by atoms with Crippen LogP contribution in [0.1, 0.15) is 5.69 Å². The van der Waals surface area contributed by atoms with Crippen LogP contribution in [0.5, 0.6) is 0 Å². The third-order valence-corrected chi connectivity index (χ3v) is 1.25. The number of aliphatic hydroxyl groups excluding tert-OH is 1. The largest absolute Gasteiger partial charge is 0.479 e. The van der Waals surface area contributed by atoms with Gasteiger partial charge in [0.1, 0.15) is 0 Å². The van der Waals surface area contributed by atoms with Crippen LogP contribution >= 0.6 is 0 Å². The van der Waals surface area contributed by atoms with Crippen molar-refractivity contribution in [2.45, 2.75) is 12.5 Å². The van der Waals surface area contributed by atoms with Crippen molar-refractivity contribution in [3.05, 3.63) is 18.2 Å². The molecular weight excluding hydrogens is 164 g/mol. The molecule has 0 aliphatic heterocycles. The molecule has 0 aliphatic rings. The summed E-state index contributed by atoms with van der Waals surface area (Å²) in [6.07, 6.45) is 1.63. The number of rotatable bonds is 3. The molecule has 0 aliphatic carbocycles. The number of aromatic amines is 1. The topological polar surface area (TPSA) is 118 Å². The average Bonchev–Trinajstić information content (AvgIpc) is 2.39. The summed E-state index contributed by atoms with van der Waals surface area (Å²) in [7, 11) is 0. The van der Waals surface area contributed by atoms with Gasteiger partial charge in [0.25, 0.3) is 0 Å². The van der Waals surface area contributed by atoms with E-state index in [1.54, 1.807) is 0 Å². The molecule has 1 rings (SSSR count). The van der Waals surface area contributed by atoms with Gasteiger partial charge in [-0.1, -0.05) is 0 Å². The van der Waals surface area contributed by atoms with Crippen LogP contribution in [0.15, 0.2) is 12.5 Å². The highest BCUT2D eigenvalue weighted by Crippen LogP contribution is 1.97. The van der Waals surface area contributed by atoms with E-state index in [1.807, 2.05) is 0 Å². The summed E-state index contributed by atoms with van der Waals surface area (Å²) < 4.78 is 0. The lowest BCUT2D eigenvalue weighted by molar-refractivity contribution is -0.146. The lowest BCUT2D eigenvalue weighted by Crippen LogP contribution is -2.22. The standard InChI is InChI=1S/C6H8N2O3.H2O/c9-5(6(10)11)1-4-2-7-3-8-4;/h2-3,5,9H,1H2,(H,7,8)(H,10,11);1H2/t5-;/m0./s1. The predicted octanol–water partition coefficient (Wildman–Crippen LogP) is -1.43. The van der Waals surface area contributed by atoms with Crippen molar-refractivity contribution in [2.75, 3.05) is 0 Å². The van der Waals surface area contributed by atoms with Crippen LogP contribution in [0.3, 0.4) is 0 Å². The average molecular weight is 174 g/mol. The fourth-order valence-electron chi connectivity index (χ4n) is 0.692. The van der Waals surface area contributed by atoms with Gasteiger partial charge in [-0.25, -0.2) is 9.78 Å². The minimum atomic E-state index is -1.35. The molecule has 6 nitrogen and oxygen atoms in total. The van der Waals surface area contributed by atoms with E-state index in [4.69, 9.17) is 10.2 Å². The minimum Gasteiger partial charge on any atom is -0.479 e. The molecule has 0 saturated carbocycles. The monoisotopic (exact) mass is 174 g/mol. The summed E-state index contributed by atoms with van der Waals surface area (Å²) >= 11 is 0. The first-order valence-electron chi connectivity index (χ1n) is 3.08. The highest BCUT2D eigenvalue weighted by atomic mass is 16.4. The summed E-state index contributed by atoms with van der Waals surface area (Å²) in [4.78, 5) is 16.5. The van der Waals surface area contributed by atoms with E-state index in [9.17, 15) is 4.79 Å². The number of carboxylic acid groups (broad SMARTS) is 1. The molecule has 6 heteroatoms. The molecule has 0 radical (unpaired) electrons. The maximum absolute atomic E-state index is 10.1. The summed E-state index contributed by atoms with van der Waals surface area (Å²) in [6, 6.07) is 0. The van der Waals surface area contributed by atoms with Crippen LogP contribution in [0.2, 0.25) is 0 Å². The van der Waals surface area contributed by atoms with Gasteiger partial charge in [-0.3, -0.25) is 0 Å². The van der Waals surface area contributed by atoms with Crippen molar-refractivity contribution < 1.29 is 20.5 Å². The fraction of sp³-hybridized carbons (Fsp3) is 0.333. The lowest BCUT2D eigenvalue weighted by atomic mass is 10.2. The quantitative estimate of drug-likeness (QED) is 0.520. The number of aliphatic carboxylic acids is 1. The van der Waals surface area contributed by atoms with E-state index in [1.165, 1.54) is 12.5 Å². The van der Waals surface area contributed by atoms with Gasteiger partial charge in [0.2, 0.25) is 0 Å². The van der Waals surface area contributed by atoms with Crippen LogP contribution in [-0.4, -0.2) is 37.7 Å². The number of carboxylic acids is 1. The fourth-order valence-corrected chi connectivity index (χ4v) is 0.692. The summed E-state index contributed by atoms with van der Waals surface area (Å²) in [6.45, 7) is 0. The van der Waals surface area contributed by atoms with Crippen molar-refractivity contribution in [1.29, 1.82) is 0 Å². The Balaban J connectivity index is 0.00000121. The molecule has 0 fully saturated rings. The normalized spacial score (nSPS) is 11.8. The van der Waals surface area contributed by atoms with Gasteiger partial charge >= 0.3 is 5.97 Å². The summed E-state index contributed by atoms with van der Waals surface area (Å²) in [5.74, 6) is -1.22. The minimum absolute atomic E-state index is 0. The van der Waals surface area contributed by atoms with Crippen LogP contribution in [-0.2, 0) is 11.2 Å². The molecule has 68 valence electrons. The third-order valence-electron chi connectivity index (χ3n) is 1.25. The SMILES string of the molecule is O.O=C(O)[C@@H](O)Cc1cnc[nH]1. The number of aromatic nitrogens is 2. The summed E-state index contributed by atoms with van der Waals surface area (Å²) in [5, 5.41) is 17.1. The molecule has 5 N–H and O–H groups in total. The van der Waals surface area contributed by atoms with Crippen molar-refractivity contribution in [3.8, 4) is 0 Å². The van der Waals surface area contributed by atoms with Gasteiger partial charge in [0.15, 0.2) is 6.10 Å². The maximum atomic E-state index is 10.1. The van der Waals surface area contributed by atoms with Crippen molar-refractivity contribution in [2.24, 2.45) is 0 Å². The second kappa shape index (κ2) is 4.47. The van der Waals surface area contributed by atoms with Gasteiger partial charge in [-0.2, -0.15) is 0 Å². The highest BCUT2D eigenvalue weighted by Gasteiger charge is 2.13. The Morgan fingerprint density at radius 1 is 1.75 bits per heavy atom. The number of nitrogens with one attached hydrogen (secondary N) is 1. The predicted molar refractivity (Wildman–Crippen MR) is 39.5 cm³/mol. The van der Waals surface area contributed by atoms with Crippen LogP contribution in [0.25, 0.3) is 0 Å². The molecule has 1 aromatic heterocycles. The Morgan fingerprint density at radius 3 is 2.83 bits per heavy atom. The molecule has 1 atom stereocenters. The molecule has 0 spiro atoms. The Kier molecular flexibility index (Phi) is 3.95. The van der Waals surface area contributed by atoms with Crippen LogP contribution in [0, 0.1) is 0 Å².